The SMILES string of the molecule is Nc1ccc(F)c(COc2cccnc2)c1. The molecule has 2 N–H and O–H groups in total. The summed E-state index contributed by atoms with van der Waals surface area (Å²) in [6.45, 7) is 0.141. The van der Waals surface area contributed by atoms with Gasteiger partial charge in [-0.3, -0.25) is 4.98 Å². The Bertz CT molecular complexity index is 474. The van der Waals surface area contributed by atoms with E-state index < -0.39 is 0 Å². The van der Waals surface area contributed by atoms with Gasteiger partial charge in [0.05, 0.1) is 6.20 Å². The van der Waals surface area contributed by atoms with Crippen molar-refractivity contribution in [3.8, 4) is 5.75 Å². The second-order valence-electron chi connectivity index (χ2n) is 3.33. The van der Waals surface area contributed by atoms with Gasteiger partial charge in [-0.15, -0.1) is 0 Å². The van der Waals surface area contributed by atoms with Crippen LogP contribution >= 0.6 is 0 Å². The minimum atomic E-state index is -0.321. The molecular weight excluding hydrogens is 207 g/mol. The van der Waals surface area contributed by atoms with E-state index in [1.165, 1.54) is 12.1 Å². The molecule has 16 heavy (non-hydrogen) atoms. The average Bonchev–Trinajstić information content (AvgIpc) is 2.32. The highest BCUT2D eigenvalue weighted by molar-refractivity contribution is 5.41. The summed E-state index contributed by atoms with van der Waals surface area (Å²) in [7, 11) is 0. The second-order valence-corrected chi connectivity index (χ2v) is 3.33. The quantitative estimate of drug-likeness (QED) is 0.804. The Morgan fingerprint density at radius 1 is 1.31 bits per heavy atom. The second kappa shape index (κ2) is 4.61. The molecule has 0 saturated carbocycles. The van der Waals surface area contributed by atoms with Crippen LogP contribution < -0.4 is 10.5 Å². The molecular formula is C12H11FN2O. The van der Waals surface area contributed by atoms with Crippen molar-refractivity contribution in [2.24, 2.45) is 0 Å². The fourth-order valence-corrected chi connectivity index (χ4v) is 1.30. The van der Waals surface area contributed by atoms with Gasteiger partial charge in [0.1, 0.15) is 18.2 Å². The zero-order valence-electron chi connectivity index (χ0n) is 8.56. The number of ether oxygens (including phenoxy) is 1. The molecule has 0 fully saturated rings. The largest absolute Gasteiger partial charge is 0.487 e. The molecule has 3 nitrogen and oxygen atoms in total. The van der Waals surface area contributed by atoms with Crippen LogP contribution in [0.3, 0.4) is 0 Å². The summed E-state index contributed by atoms with van der Waals surface area (Å²) in [4.78, 5) is 3.89. The highest BCUT2D eigenvalue weighted by Crippen LogP contribution is 2.15. The lowest BCUT2D eigenvalue weighted by atomic mass is 10.2. The number of hydrogen-bond acceptors (Lipinski definition) is 3. The first kappa shape index (κ1) is 10.4. The van der Waals surface area contributed by atoms with Crippen molar-refractivity contribution in [2.45, 2.75) is 6.61 Å². The molecule has 1 aromatic carbocycles. The van der Waals surface area contributed by atoms with Gasteiger partial charge in [-0.2, -0.15) is 0 Å². The summed E-state index contributed by atoms with van der Waals surface area (Å²) >= 11 is 0. The number of hydrogen-bond donors (Lipinski definition) is 1. The highest BCUT2D eigenvalue weighted by Gasteiger charge is 2.03. The average molecular weight is 218 g/mol. The molecule has 0 aliphatic heterocycles. The molecule has 4 heteroatoms. The summed E-state index contributed by atoms with van der Waals surface area (Å²) in [5.41, 5.74) is 6.52. The van der Waals surface area contributed by atoms with Crippen LogP contribution in [0.5, 0.6) is 5.75 Å². The predicted molar refractivity (Wildman–Crippen MR) is 59.4 cm³/mol. The number of benzene rings is 1. The first-order chi connectivity index (χ1) is 7.75. The molecule has 0 amide bonds. The molecule has 0 aliphatic rings. The molecule has 0 atom stereocenters. The Morgan fingerprint density at radius 2 is 2.19 bits per heavy atom. The number of nitrogen functional groups attached to an aromatic ring is 1. The lowest BCUT2D eigenvalue weighted by molar-refractivity contribution is 0.299. The molecule has 2 rings (SSSR count). The maximum Gasteiger partial charge on any atom is 0.138 e. The minimum Gasteiger partial charge on any atom is -0.487 e. The van der Waals surface area contributed by atoms with Crippen LogP contribution in [0.1, 0.15) is 5.56 Å². The summed E-state index contributed by atoms with van der Waals surface area (Å²) < 4.78 is 18.7. The molecule has 0 unspecified atom stereocenters. The third-order valence-corrected chi connectivity index (χ3v) is 2.10. The third kappa shape index (κ3) is 2.48. The topological polar surface area (TPSA) is 48.1 Å². The summed E-state index contributed by atoms with van der Waals surface area (Å²) in [5, 5.41) is 0. The first-order valence-corrected chi connectivity index (χ1v) is 4.82. The van der Waals surface area contributed by atoms with Gasteiger partial charge >= 0.3 is 0 Å². The van der Waals surface area contributed by atoms with Gasteiger partial charge in [0, 0.05) is 17.4 Å². The zero-order valence-corrected chi connectivity index (χ0v) is 8.56. The lowest BCUT2D eigenvalue weighted by Crippen LogP contribution is -2.00. The molecule has 0 aliphatic carbocycles. The van der Waals surface area contributed by atoms with E-state index >= 15 is 0 Å². The Balaban J connectivity index is 2.08. The number of anilines is 1. The smallest absolute Gasteiger partial charge is 0.138 e. The van der Waals surface area contributed by atoms with E-state index in [-0.39, 0.29) is 12.4 Å². The number of nitrogens with two attached hydrogens (primary N) is 1. The van der Waals surface area contributed by atoms with Crippen molar-refractivity contribution in [2.75, 3.05) is 5.73 Å². The molecule has 1 aromatic heterocycles. The van der Waals surface area contributed by atoms with E-state index in [2.05, 4.69) is 4.98 Å². The van der Waals surface area contributed by atoms with Crippen LogP contribution in [-0.4, -0.2) is 4.98 Å². The summed E-state index contributed by atoms with van der Waals surface area (Å²) in [6.07, 6.45) is 3.22. The molecule has 2 aromatic rings. The van der Waals surface area contributed by atoms with Crippen LogP contribution in [0.25, 0.3) is 0 Å². The molecule has 82 valence electrons. The number of rotatable bonds is 3. The van der Waals surface area contributed by atoms with Crippen molar-refractivity contribution in [1.29, 1.82) is 0 Å². The summed E-state index contributed by atoms with van der Waals surface area (Å²) in [6, 6.07) is 7.92. The van der Waals surface area contributed by atoms with Gasteiger partial charge in [0.15, 0.2) is 0 Å². The standard InChI is InChI=1S/C12H11FN2O/c13-12-4-3-10(14)6-9(12)8-16-11-2-1-5-15-7-11/h1-7H,8,14H2. The van der Waals surface area contributed by atoms with Gasteiger partial charge in [0.2, 0.25) is 0 Å². The maximum atomic E-state index is 13.3. The summed E-state index contributed by atoms with van der Waals surface area (Å²) in [5.74, 6) is 0.280. The minimum absolute atomic E-state index is 0.141. The Labute approximate surface area is 92.7 Å². The number of aromatic nitrogens is 1. The van der Waals surface area contributed by atoms with Crippen molar-refractivity contribution in [3.63, 3.8) is 0 Å². The van der Waals surface area contributed by atoms with Gasteiger partial charge in [-0.05, 0) is 30.3 Å². The zero-order chi connectivity index (χ0) is 11.4. The van der Waals surface area contributed by atoms with Crippen LogP contribution in [0.15, 0.2) is 42.7 Å². The van der Waals surface area contributed by atoms with Crippen LogP contribution in [0, 0.1) is 5.82 Å². The van der Waals surface area contributed by atoms with Crippen molar-refractivity contribution in [3.05, 3.63) is 54.1 Å². The van der Waals surface area contributed by atoms with E-state index in [0.717, 1.165) is 0 Å². The number of pyridine rings is 1. The monoisotopic (exact) mass is 218 g/mol. The normalized spacial score (nSPS) is 10.1. The van der Waals surface area contributed by atoms with Gasteiger partial charge in [-0.1, -0.05) is 0 Å². The van der Waals surface area contributed by atoms with Crippen molar-refractivity contribution in [1.82, 2.24) is 4.98 Å². The molecule has 0 bridgehead atoms. The maximum absolute atomic E-state index is 13.3. The first-order valence-electron chi connectivity index (χ1n) is 4.82. The fourth-order valence-electron chi connectivity index (χ4n) is 1.30. The van der Waals surface area contributed by atoms with E-state index in [1.807, 2.05) is 0 Å². The van der Waals surface area contributed by atoms with Crippen LogP contribution in [0.4, 0.5) is 10.1 Å². The lowest BCUT2D eigenvalue weighted by Gasteiger charge is -2.07. The number of halogens is 1. The molecule has 0 spiro atoms. The molecule has 0 radical (unpaired) electrons. The number of nitrogens with zero attached hydrogens (tertiary/aromatic N) is 1. The van der Waals surface area contributed by atoms with E-state index in [1.54, 1.807) is 30.6 Å². The van der Waals surface area contributed by atoms with Gasteiger partial charge in [0.25, 0.3) is 0 Å². The van der Waals surface area contributed by atoms with Crippen molar-refractivity contribution >= 4 is 5.69 Å². The van der Waals surface area contributed by atoms with E-state index in [0.29, 0.717) is 17.0 Å². The van der Waals surface area contributed by atoms with Crippen LogP contribution in [0.2, 0.25) is 0 Å². The third-order valence-electron chi connectivity index (χ3n) is 2.10. The predicted octanol–water partition coefficient (Wildman–Crippen LogP) is 2.38. The van der Waals surface area contributed by atoms with Gasteiger partial charge in [-0.25, -0.2) is 4.39 Å². The Kier molecular flexibility index (Phi) is 3.00. The Hall–Kier alpha value is -2.10. The van der Waals surface area contributed by atoms with Crippen LogP contribution in [-0.2, 0) is 6.61 Å². The Morgan fingerprint density at radius 3 is 2.94 bits per heavy atom. The van der Waals surface area contributed by atoms with Crippen molar-refractivity contribution < 1.29 is 9.13 Å². The van der Waals surface area contributed by atoms with E-state index in [4.69, 9.17) is 10.5 Å². The fraction of sp³-hybridized carbons (Fsp3) is 0.0833. The molecule has 0 saturated heterocycles. The van der Waals surface area contributed by atoms with E-state index in [9.17, 15) is 4.39 Å². The molecule has 1 heterocycles. The highest BCUT2D eigenvalue weighted by atomic mass is 19.1. The van der Waals surface area contributed by atoms with Gasteiger partial charge < -0.3 is 10.5 Å².